The van der Waals surface area contributed by atoms with Crippen LogP contribution in [-0.2, 0) is 9.31 Å². The van der Waals surface area contributed by atoms with Gasteiger partial charge in [0.1, 0.15) is 0 Å². The molecule has 1 atom stereocenters. The van der Waals surface area contributed by atoms with Crippen molar-refractivity contribution in [3.63, 3.8) is 0 Å². The quantitative estimate of drug-likeness (QED) is 0.832. The number of rotatable bonds is 2. The maximum Gasteiger partial charge on any atom is 0.480 e. The van der Waals surface area contributed by atoms with Crippen molar-refractivity contribution < 1.29 is 9.31 Å². The van der Waals surface area contributed by atoms with Crippen LogP contribution in [0.1, 0.15) is 50.3 Å². The lowest BCUT2D eigenvalue weighted by molar-refractivity contribution is 0.00578. The van der Waals surface area contributed by atoms with Crippen LogP contribution < -0.4 is 5.73 Å². The van der Waals surface area contributed by atoms with Gasteiger partial charge >= 0.3 is 7.12 Å². The van der Waals surface area contributed by atoms with Gasteiger partial charge in [-0.2, -0.15) is 0 Å². The second-order valence-corrected chi connectivity index (χ2v) is 6.46. The molecular formula is C15H24BNO2. The highest BCUT2D eigenvalue weighted by atomic mass is 16.7. The predicted molar refractivity (Wildman–Crippen MR) is 78.9 cm³/mol. The SMILES string of the molecule is Cc1cccc(C)c1[C@@H](N)B1OC(C)(C)C(C)(C)O1. The summed E-state index contributed by atoms with van der Waals surface area (Å²) in [5, 5.41) is 0. The Labute approximate surface area is 116 Å². The first-order valence-corrected chi connectivity index (χ1v) is 6.83. The van der Waals surface area contributed by atoms with Crippen molar-refractivity contribution in [1.29, 1.82) is 0 Å². The van der Waals surface area contributed by atoms with Gasteiger partial charge in [0.2, 0.25) is 0 Å². The fraction of sp³-hybridized carbons (Fsp3) is 0.600. The molecular weight excluding hydrogens is 237 g/mol. The van der Waals surface area contributed by atoms with Gasteiger partial charge in [-0.25, -0.2) is 0 Å². The molecule has 0 radical (unpaired) electrons. The molecule has 0 bridgehead atoms. The largest absolute Gasteiger partial charge is 0.480 e. The van der Waals surface area contributed by atoms with Crippen molar-refractivity contribution >= 4 is 7.12 Å². The molecule has 1 saturated heterocycles. The van der Waals surface area contributed by atoms with Crippen molar-refractivity contribution in [3.05, 3.63) is 34.9 Å². The molecule has 0 saturated carbocycles. The predicted octanol–water partition coefficient (Wildman–Crippen LogP) is 2.93. The van der Waals surface area contributed by atoms with Crippen LogP contribution in [0.3, 0.4) is 0 Å². The van der Waals surface area contributed by atoms with E-state index in [-0.39, 0.29) is 17.1 Å². The molecule has 0 amide bonds. The average molecular weight is 261 g/mol. The average Bonchev–Trinajstić information content (AvgIpc) is 2.47. The molecule has 3 nitrogen and oxygen atoms in total. The van der Waals surface area contributed by atoms with Crippen molar-refractivity contribution in [2.24, 2.45) is 5.73 Å². The lowest BCUT2D eigenvalue weighted by atomic mass is 9.72. The maximum atomic E-state index is 6.39. The summed E-state index contributed by atoms with van der Waals surface area (Å²) in [4.78, 5) is 0. The molecule has 0 spiro atoms. The van der Waals surface area contributed by atoms with Crippen LogP contribution >= 0.6 is 0 Å². The molecule has 1 fully saturated rings. The van der Waals surface area contributed by atoms with Gasteiger partial charge < -0.3 is 15.0 Å². The molecule has 19 heavy (non-hydrogen) atoms. The smallest absolute Gasteiger partial charge is 0.402 e. The van der Waals surface area contributed by atoms with Crippen LogP contribution in [0, 0.1) is 13.8 Å². The van der Waals surface area contributed by atoms with Gasteiger partial charge in [0.25, 0.3) is 0 Å². The van der Waals surface area contributed by atoms with Crippen LogP contribution in [0.5, 0.6) is 0 Å². The minimum absolute atomic E-state index is 0.262. The summed E-state index contributed by atoms with van der Waals surface area (Å²) in [5.41, 5.74) is 9.20. The van der Waals surface area contributed by atoms with Crippen LogP contribution in [-0.4, -0.2) is 18.3 Å². The standard InChI is InChI=1S/C15H24BNO2/c1-10-8-7-9-11(2)12(10)13(17)16-18-14(3,4)15(5,6)19-16/h7-9,13H,17H2,1-6H3/t13-/m1/s1. The molecule has 1 aromatic rings. The lowest BCUT2D eigenvalue weighted by Crippen LogP contribution is -2.41. The fourth-order valence-electron chi connectivity index (χ4n) is 2.52. The van der Waals surface area contributed by atoms with E-state index in [1.165, 1.54) is 11.1 Å². The number of benzene rings is 1. The van der Waals surface area contributed by atoms with E-state index in [2.05, 4.69) is 26.0 Å². The monoisotopic (exact) mass is 261 g/mol. The van der Waals surface area contributed by atoms with Gasteiger partial charge in [-0.3, -0.25) is 0 Å². The van der Waals surface area contributed by atoms with Gasteiger partial charge in [-0.05, 0) is 58.2 Å². The normalized spacial score (nSPS) is 22.6. The Bertz CT molecular complexity index is 449. The van der Waals surface area contributed by atoms with Crippen LogP contribution in [0.25, 0.3) is 0 Å². The lowest BCUT2D eigenvalue weighted by Gasteiger charge is -2.32. The molecule has 4 heteroatoms. The van der Waals surface area contributed by atoms with Crippen molar-refractivity contribution in [2.75, 3.05) is 0 Å². The Morgan fingerprint density at radius 2 is 1.42 bits per heavy atom. The summed E-state index contributed by atoms with van der Waals surface area (Å²) >= 11 is 0. The highest BCUT2D eigenvalue weighted by Crippen LogP contribution is 2.40. The third-order valence-corrected chi connectivity index (χ3v) is 4.44. The summed E-state index contributed by atoms with van der Waals surface area (Å²) < 4.78 is 12.1. The first kappa shape index (κ1) is 14.6. The van der Waals surface area contributed by atoms with E-state index in [4.69, 9.17) is 15.0 Å². The van der Waals surface area contributed by atoms with E-state index in [0.717, 1.165) is 5.56 Å². The summed E-state index contributed by atoms with van der Waals surface area (Å²) in [6.07, 6.45) is 0. The van der Waals surface area contributed by atoms with Crippen molar-refractivity contribution in [3.8, 4) is 0 Å². The van der Waals surface area contributed by atoms with Gasteiger partial charge in [0.15, 0.2) is 0 Å². The second-order valence-electron chi connectivity index (χ2n) is 6.46. The van der Waals surface area contributed by atoms with E-state index in [1.807, 2.05) is 33.8 Å². The highest BCUT2D eigenvalue weighted by molar-refractivity contribution is 6.47. The molecule has 2 N–H and O–H groups in total. The van der Waals surface area contributed by atoms with Gasteiger partial charge in [-0.1, -0.05) is 18.2 Å². The van der Waals surface area contributed by atoms with Crippen LogP contribution in [0.15, 0.2) is 18.2 Å². The molecule has 1 heterocycles. The van der Waals surface area contributed by atoms with E-state index in [0.29, 0.717) is 0 Å². The highest BCUT2D eigenvalue weighted by Gasteiger charge is 2.53. The topological polar surface area (TPSA) is 44.5 Å². The van der Waals surface area contributed by atoms with Crippen molar-refractivity contribution in [1.82, 2.24) is 0 Å². The molecule has 0 aliphatic carbocycles. The fourth-order valence-corrected chi connectivity index (χ4v) is 2.52. The molecule has 104 valence electrons. The third kappa shape index (κ3) is 2.45. The first-order valence-electron chi connectivity index (χ1n) is 6.83. The molecule has 0 unspecified atom stereocenters. The number of nitrogens with two attached hydrogens (primary N) is 1. The number of hydrogen-bond donors (Lipinski definition) is 1. The minimum atomic E-state index is -0.398. The first-order chi connectivity index (χ1) is 8.66. The zero-order chi connectivity index (χ0) is 14.4. The van der Waals surface area contributed by atoms with Gasteiger partial charge in [0.05, 0.1) is 17.1 Å². The van der Waals surface area contributed by atoms with Crippen molar-refractivity contribution in [2.45, 2.75) is 58.7 Å². The van der Waals surface area contributed by atoms with E-state index < -0.39 is 7.12 Å². The Morgan fingerprint density at radius 1 is 1.00 bits per heavy atom. The Hall–Kier alpha value is -0.835. The second kappa shape index (κ2) is 4.62. The van der Waals surface area contributed by atoms with E-state index in [1.54, 1.807) is 0 Å². The zero-order valence-electron chi connectivity index (χ0n) is 12.8. The number of aryl methyl sites for hydroxylation is 2. The summed E-state index contributed by atoms with van der Waals surface area (Å²) in [7, 11) is -0.398. The van der Waals surface area contributed by atoms with Gasteiger partial charge in [-0.15, -0.1) is 0 Å². The summed E-state index contributed by atoms with van der Waals surface area (Å²) in [6.45, 7) is 12.3. The minimum Gasteiger partial charge on any atom is -0.402 e. The van der Waals surface area contributed by atoms with E-state index in [9.17, 15) is 0 Å². The number of hydrogen-bond acceptors (Lipinski definition) is 3. The molecule has 1 aliphatic heterocycles. The Morgan fingerprint density at radius 3 is 1.84 bits per heavy atom. The maximum absolute atomic E-state index is 6.39. The molecule has 1 aliphatic rings. The molecule has 1 aromatic carbocycles. The van der Waals surface area contributed by atoms with Crippen LogP contribution in [0.2, 0.25) is 0 Å². The molecule has 0 aromatic heterocycles. The summed E-state index contributed by atoms with van der Waals surface area (Å²) in [5.74, 6) is -0.262. The van der Waals surface area contributed by atoms with Crippen LogP contribution in [0.4, 0.5) is 0 Å². The zero-order valence-corrected chi connectivity index (χ0v) is 12.8. The summed E-state index contributed by atoms with van der Waals surface area (Å²) in [6, 6.07) is 6.20. The van der Waals surface area contributed by atoms with E-state index >= 15 is 0 Å². The molecule has 2 rings (SSSR count). The Balaban J connectivity index is 2.30. The Kier molecular flexibility index (Phi) is 3.54. The third-order valence-electron chi connectivity index (χ3n) is 4.44. The van der Waals surface area contributed by atoms with Gasteiger partial charge in [0, 0.05) is 0 Å².